The summed E-state index contributed by atoms with van der Waals surface area (Å²) in [6, 6.07) is 9.09. The van der Waals surface area contributed by atoms with Crippen molar-refractivity contribution in [3.63, 3.8) is 0 Å². The van der Waals surface area contributed by atoms with Crippen LogP contribution in [0.25, 0.3) is 0 Å². The minimum atomic E-state index is 0.275. The number of ketones is 1. The van der Waals surface area contributed by atoms with Crippen LogP contribution in [-0.4, -0.2) is 25.0 Å². The Balaban J connectivity index is 1.52. The Kier molecular flexibility index (Phi) is 3.56. The highest BCUT2D eigenvalue weighted by atomic mass is 16.5. The molecule has 102 valence electrons. The van der Waals surface area contributed by atoms with Crippen LogP contribution in [0.2, 0.25) is 0 Å². The second kappa shape index (κ2) is 5.33. The molecule has 19 heavy (non-hydrogen) atoms. The number of methoxy groups -OCH3 is 1. The second-order valence-corrected chi connectivity index (χ2v) is 5.70. The van der Waals surface area contributed by atoms with Gasteiger partial charge in [0.2, 0.25) is 0 Å². The molecule has 3 rings (SSSR count). The van der Waals surface area contributed by atoms with Gasteiger partial charge in [0.25, 0.3) is 0 Å². The zero-order valence-electron chi connectivity index (χ0n) is 11.4. The molecule has 3 heteroatoms. The summed E-state index contributed by atoms with van der Waals surface area (Å²) in [7, 11) is 1.67. The van der Waals surface area contributed by atoms with E-state index in [1.54, 1.807) is 7.11 Å². The molecule has 2 heterocycles. The van der Waals surface area contributed by atoms with Crippen LogP contribution in [-0.2, 0) is 11.2 Å². The van der Waals surface area contributed by atoms with Crippen molar-refractivity contribution in [3.05, 3.63) is 29.8 Å². The Bertz CT molecular complexity index is 454. The number of benzene rings is 1. The number of hydrogen-bond donors (Lipinski definition) is 1. The van der Waals surface area contributed by atoms with Gasteiger partial charge < -0.3 is 10.1 Å². The Morgan fingerprint density at radius 1 is 1.32 bits per heavy atom. The molecule has 3 unspecified atom stereocenters. The zero-order valence-corrected chi connectivity index (χ0v) is 11.4. The molecule has 0 spiro atoms. The Hall–Kier alpha value is -1.35. The van der Waals surface area contributed by atoms with Crippen LogP contribution in [0, 0.1) is 5.92 Å². The standard InChI is InChI=1S/C16H21NO2/c1-19-13-6-2-11(3-7-13)4-9-16(18)14-10-12-5-8-15(14)17-12/h2-3,6-7,12,14-15,17H,4-5,8-10H2,1H3. The van der Waals surface area contributed by atoms with E-state index in [0.717, 1.165) is 18.6 Å². The molecule has 1 aromatic rings. The molecule has 1 aromatic carbocycles. The molecule has 2 bridgehead atoms. The van der Waals surface area contributed by atoms with E-state index in [9.17, 15) is 4.79 Å². The number of hydrogen-bond acceptors (Lipinski definition) is 3. The van der Waals surface area contributed by atoms with Crippen LogP contribution >= 0.6 is 0 Å². The molecular weight excluding hydrogens is 238 g/mol. The molecule has 3 nitrogen and oxygen atoms in total. The third-order valence-electron chi connectivity index (χ3n) is 4.53. The molecule has 2 aliphatic rings. The Morgan fingerprint density at radius 2 is 2.11 bits per heavy atom. The molecule has 2 saturated heterocycles. The Morgan fingerprint density at radius 3 is 2.68 bits per heavy atom. The van der Waals surface area contributed by atoms with Crippen LogP contribution in [0.3, 0.4) is 0 Å². The van der Waals surface area contributed by atoms with Gasteiger partial charge in [-0.25, -0.2) is 0 Å². The highest BCUT2D eigenvalue weighted by Crippen LogP contribution is 2.34. The Labute approximate surface area is 114 Å². The van der Waals surface area contributed by atoms with E-state index in [1.807, 2.05) is 24.3 Å². The van der Waals surface area contributed by atoms with E-state index in [0.29, 0.717) is 24.3 Å². The minimum absolute atomic E-state index is 0.275. The predicted molar refractivity (Wildman–Crippen MR) is 74.4 cm³/mol. The number of fused-ring (bicyclic) bond motifs is 2. The average molecular weight is 259 g/mol. The summed E-state index contributed by atoms with van der Waals surface area (Å²) in [5.41, 5.74) is 1.21. The minimum Gasteiger partial charge on any atom is -0.497 e. The van der Waals surface area contributed by atoms with Gasteiger partial charge in [0.1, 0.15) is 11.5 Å². The van der Waals surface area contributed by atoms with Gasteiger partial charge in [-0.3, -0.25) is 4.79 Å². The van der Waals surface area contributed by atoms with E-state index < -0.39 is 0 Å². The van der Waals surface area contributed by atoms with Gasteiger partial charge in [0.15, 0.2) is 0 Å². The van der Waals surface area contributed by atoms with Crippen molar-refractivity contribution in [2.75, 3.05) is 7.11 Å². The SMILES string of the molecule is COc1ccc(CCC(=O)C2CC3CCC2N3)cc1. The van der Waals surface area contributed by atoms with Gasteiger partial charge in [-0.05, 0) is 43.4 Å². The zero-order chi connectivity index (χ0) is 13.2. The number of ether oxygens (including phenoxy) is 1. The van der Waals surface area contributed by atoms with Crippen LogP contribution < -0.4 is 10.1 Å². The van der Waals surface area contributed by atoms with Crippen LogP contribution in [0.4, 0.5) is 0 Å². The quantitative estimate of drug-likeness (QED) is 0.882. The van der Waals surface area contributed by atoms with Crippen molar-refractivity contribution in [2.24, 2.45) is 5.92 Å². The molecule has 0 aliphatic carbocycles. The smallest absolute Gasteiger partial charge is 0.137 e. The second-order valence-electron chi connectivity index (χ2n) is 5.70. The summed E-state index contributed by atoms with van der Waals surface area (Å²) < 4.78 is 5.13. The highest BCUT2D eigenvalue weighted by molar-refractivity contribution is 5.82. The number of aryl methyl sites for hydroxylation is 1. The lowest BCUT2D eigenvalue weighted by atomic mass is 9.84. The van der Waals surface area contributed by atoms with Gasteiger partial charge in [-0.15, -0.1) is 0 Å². The number of Topliss-reactive ketones (excluding diaryl/α,β-unsaturated/α-hetero) is 1. The molecule has 0 aromatic heterocycles. The third-order valence-corrected chi connectivity index (χ3v) is 4.53. The number of carbonyl (C=O) groups excluding carboxylic acids is 1. The molecule has 1 N–H and O–H groups in total. The summed E-state index contributed by atoms with van der Waals surface area (Å²) in [6.07, 6.45) is 5.02. The normalized spacial score (nSPS) is 28.6. The molecule has 0 saturated carbocycles. The van der Waals surface area contributed by atoms with Crippen LogP contribution in [0.15, 0.2) is 24.3 Å². The van der Waals surface area contributed by atoms with Crippen LogP contribution in [0.1, 0.15) is 31.2 Å². The lowest BCUT2D eigenvalue weighted by molar-refractivity contribution is -0.123. The lowest BCUT2D eigenvalue weighted by Crippen LogP contribution is -2.28. The maximum Gasteiger partial charge on any atom is 0.137 e. The van der Waals surface area contributed by atoms with Gasteiger partial charge in [0.05, 0.1) is 7.11 Å². The lowest BCUT2D eigenvalue weighted by Gasteiger charge is -2.18. The summed E-state index contributed by atoms with van der Waals surface area (Å²) in [4.78, 5) is 12.3. The number of carbonyl (C=O) groups is 1. The van der Waals surface area contributed by atoms with Crippen molar-refractivity contribution in [1.82, 2.24) is 5.32 Å². The molecule has 0 radical (unpaired) electrons. The summed E-state index contributed by atoms with van der Waals surface area (Å²) >= 11 is 0. The van der Waals surface area contributed by atoms with Gasteiger partial charge >= 0.3 is 0 Å². The molecule has 3 atom stereocenters. The van der Waals surface area contributed by atoms with Crippen molar-refractivity contribution < 1.29 is 9.53 Å². The van der Waals surface area contributed by atoms with Crippen molar-refractivity contribution in [1.29, 1.82) is 0 Å². The van der Waals surface area contributed by atoms with Crippen molar-refractivity contribution in [3.8, 4) is 5.75 Å². The first-order valence-electron chi connectivity index (χ1n) is 7.18. The van der Waals surface area contributed by atoms with Crippen LogP contribution in [0.5, 0.6) is 5.75 Å². The van der Waals surface area contributed by atoms with E-state index in [-0.39, 0.29) is 5.92 Å². The number of nitrogens with one attached hydrogen (secondary N) is 1. The summed E-state index contributed by atoms with van der Waals surface area (Å²) in [5.74, 6) is 1.58. The van der Waals surface area contributed by atoms with E-state index >= 15 is 0 Å². The molecule has 0 amide bonds. The molecular formula is C16H21NO2. The van der Waals surface area contributed by atoms with E-state index in [4.69, 9.17) is 4.74 Å². The monoisotopic (exact) mass is 259 g/mol. The fourth-order valence-corrected chi connectivity index (χ4v) is 3.43. The predicted octanol–water partition coefficient (Wildman–Crippen LogP) is 2.34. The first-order valence-corrected chi connectivity index (χ1v) is 7.18. The van der Waals surface area contributed by atoms with Gasteiger partial charge in [-0.1, -0.05) is 12.1 Å². The average Bonchev–Trinajstić information content (AvgIpc) is 3.08. The molecule has 2 aliphatic heterocycles. The fourth-order valence-electron chi connectivity index (χ4n) is 3.43. The maximum absolute atomic E-state index is 12.3. The van der Waals surface area contributed by atoms with Crippen molar-refractivity contribution in [2.45, 2.75) is 44.2 Å². The largest absolute Gasteiger partial charge is 0.497 e. The van der Waals surface area contributed by atoms with Crippen molar-refractivity contribution >= 4 is 5.78 Å². The van der Waals surface area contributed by atoms with Gasteiger partial charge in [0, 0.05) is 24.4 Å². The third kappa shape index (κ3) is 2.66. The van der Waals surface area contributed by atoms with E-state index in [2.05, 4.69) is 5.32 Å². The number of rotatable bonds is 5. The molecule has 2 fully saturated rings. The first kappa shape index (κ1) is 12.7. The highest BCUT2D eigenvalue weighted by Gasteiger charge is 2.41. The topological polar surface area (TPSA) is 38.3 Å². The maximum atomic E-state index is 12.3. The summed E-state index contributed by atoms with van der Waals surface area (Å²) in [5, 5.41) is 3.53. The first-order chi connectivity index (χ1) is 9.26. The summed E-state index contributed by atoms with van der Waals surface area (Å²) in [6.45, 7) is 0. The van der Waals surface area contributed by atoms with Gasteiger partial charge in [-0.2, -0.15) is 0 Å². The van der Waals surface area contributed by atoms with E-state index in [1.165, 1.54) is 18.4 Å². The fraction of sp³-hybridized carbons (Fsp3) is 0.562.